The summed E-state index contributed by atoms with van der Waals surface area (Å²) in [6.07, 6.45) is 0. The molecule has 0 atom stereocenters. The van der Waals surface area contributed by atoms with Crippen LogP contribution in [0.2, 0.25) is 5.02 Å². The Hall–Kier alpha value is -0.710. The lowest BCUT2D eigenvalue weighted by Crippen LogP contribution is -2.34. The summed E-state index contributed by atoms with van der Waals surface area (Å²) in [6.45, 7) is 1.89. The second-order valence-corrected chi connectivity index (χ2v) is 8.25. The Morgan fingerprint density at radius 2 is 1.86 bits per heavy atom. The van der Waals surface area contributed by atoms with Crippen LogP contribution in [0.15, 0.2) is 23.1 Å². The Morgan fingerprint density at radius 3 is 2.38 bits per heavy atom. The van der Waals surface area contributed by atoms with Crippen molar-refractivity contribution in [1.82, 2.24) is 9.44 Å². The highest BCUT2D eigenvalue weighted by Crippen LogP contribution is 2.22. The van der Waals surface area contributed by atoms with Gasteiger partial charge in [-0.3, -0.25) is 0 Å². The molecule has 0 heterocycles. The molecular formula is C11H18ClN3O4S2. The highest BCUT2D eigenvalue weighted by Gasteiger charge is 2.19. The van der Waals surface area contributed by atoms with Gasteiger partial charge in [0.05, 0.1) is 10.8 Å². The average Bonchev–Trinajstić information content (AvgIpc) is 2.37. The number of halogens is 1. The highest BCUT2D eigenvalue weighted by molar-refractivity contribution is 7.90. The van der Waals surface area contributed by atoms with Crippen LogP contribution in [0.3, 0.4) is 0 Å². The van der Waals surface area contributed by atoms with Crippen LogP contribution >= 0.6 is 11.6 Å². The topological polar surface area (TPSA) is 118 Å². The van der Waals surface area contributed by atoms with Crippen LogP contribution in [0, 0.1) is 0 Å². The molecule has 0 saturated carbocycles. The van der Waals surface area contributed by atoms with Gasteiger partial charge < -0.3 is 5.73 Å². The highest BCUT2D eigenvalue weighted by atomic mass is 35.5. The predicted octanol–water partition coefficient (Wildman–Crippen LogP) is 0.0163. The zero-order valence-electron chi connectivity index (χ0n) is 11.5. The van der Waals surface area contributed by atoms with E-state index in [1.165, 1.54) is 12.1 Å². The van der Waals surface area contributed by atoms with Crippen LogP contribution in [0.1, 0.15) is 12.5 Å². The zero-order chi connectivity index (χ0) is 16.1. The molecule has 10 heteroatoms. The minimum atomic E-state index is -3.87. The quantitative estimate of drug-likeness (QED) is 0.607. The first-order valence-electron chi connectivity index (χ1n) is 6.17. The molecule has 0 bridgehead atoms. The SMILES string of the molecule is CCNS(=O)(=O)CCNS(=O)(=O)c1ccc(CN)cc1Cl. The molecule has 0 aliphatic rings. The summed E-state index contributed by atoms with van der Waals surface area (Å²) >= 11 is 5.91. The summed E-state index contributed by atoms with van der Waals surface area (Å²) < 4.78 is 51.4. The Bertz CT molecular complexity index is 689. The van der Waals surface area contributed by atoms with Crippen molar-refractivity contribution >= 4 is 31.6 Å². The second kappa shape index (κ2) is 7.52. The van der Waals surface area contributed by atoms with Crippen molar-refractivity contribution in [2.45, 2.75) is 18.4 Å². The number of hydrogen-bond donors (Lipinski definition) is 3. The Balaban J connectivity index is 2.79. The third kappa shape index (κ3) is 5.53. The standard InChI is InChI=1S/C11H18ClN3O4S2/c1-2-14-20(16,17)6-5-15-21(18,19)11-4-3-9(8-13)7-10(11)12/h3-4,7,14-15H,2,5-6,8,13H2,1H3. The van der Waals surface area contributed by atoms with Crippen molar-refractivity contribution in [3.63, 3.8) is 0 Å². The van der Waals surface area contributed by atoms with Crippen LogP contribution in [-0.4, -0.2) is 35.7 Å². The fraction of sp³-hybridized carbons (Fsp3) is 0.455. The number of hydrogen-bond acceptors (Lipinski definition) is 5. The van der Waals surface area contributed by atoms with Gasteiger partial charge in [-0.05, 0) is 17.7 Å². The molecule has 0 radical (unpaired) electrons. The van der Waals surface area contributed by atoms with Gasteiger partial charge in [-0.1, -0.05) is 24.6 Å². The minimum absolute atomic E-state index is 0.0417. The van der Waals surface area contributed by atoms with Gasteiger partial charge in [0.1, 0.15) is 4.90 Å². The van der Waals surface area contributed by atoms with Crippen molar-refractivity contribution in [2.75, 3.05) is 18.8 Å². The van der Waals surface area contributed by atoms with Crippen LogP contribution in [0.25, 0.3) is 0 Å². The largest absolute Gasteiger partial charge is 0.326 e. The van der Waals surface area contributed by atoms with Crippen LogP contribution < -0.4 is 15.2 Å². The van der Waals surface area contributed by atoms with E-state index in [1.54, 1.807) is 13.0 Å². The molecule has 0 fully saturated rings. The van der Waals surface area contributed by atoms with Gasteiger partial charge >= 0.3 is 0 Å². The number of sulfonamides is 2. The van der Waals surface area contributed by atoms with Crippen LogP contribution in [-0.2, 0) is 26.6 Å². The molecule has 120 valence electrons. The lowest BCUT2D eigenvalue weighted by Gasteiger charge is -2.10. The molecule has 7 nitrogen and oxygen atoms in total. The monoisotopic (exact) mass is 355 g/mol. The first-order chi connectivity index (χ1) is 9.72. The smallest absolute Gasteiger partial charge is 0.242 e. The summed E-state index contributed by atoms with van der Waals surface area (Å²) in [5.41, 5.74) is 6.14. The molecule has 1 aromatic carbocycles. The van der Waals surface area contributed by atoms with E-state index in [0.29, 0.717) is 5.56 Å². The van der Waals surface area contributed by atoms with Crippen molar-refractivity contribution in [1.29, 1.82) is 0 Å². The molecule has 1 aromatic rings. The molecule has 1 rings (SSSR count). The first-order valence-corrected chi connectivity index (χ1v) is 9.68. The summed E-state index contributed by atoms with van der Waals surface area (Å²) in [6, 6.07) is 4.35. The zero-order valence-corrected chi connectivity index (χ0v) is 13.9. The molecule has 4 N–H and O–H groups in total. The van der Waals surface area contributed by atoms with Gasteiger partial charge in [-0.2, -0.15) is 0 Å². The maximum atomic E-state index is 12.1. The fourth-order valence-electron chi connectivity index (χ4n) is 1.57. The number of rotatable bonds is 8. The van der Waals surface area contributed by atoms with Gasteiger partial charge in [0, 0.05) is 19.6 Å². The molecule has 21 heavy (non-hydrogen) atoms. The van der Waals surface area contributed by atoms with E-state index in [4.69, 9.17) is 17.3 Å². The normalized spacial score (nSPS) is 12.5. The number of benzene rings is 1. The van der Waals surface area contributed by atoms with E-state index >= 15 is 0 Å². The molecule has 0 unspecified atom stereocenters. The van der Waals surface area contributed by atoms with E-state index in [1.807, 2.05) is 0 Å². The van der Waals surface area contributed by atoms with E-state index in [-0.39, 0.29) is 35.3 Å². The fourth-order valence-corrected chi connectivity index (χ4v) is 4.25. The third-order valence-corrected chi connectivity index (χ3v) is 5.96. The van der Waals surface area contributed by atoms with Gasteiger partial charge in [0.25, 0.3) is 0 Å². The molecule has 0 aromatic heterocycles. The van der Waals surface area contributed by atoms with E-state index in [2.05, 4.69) is 9.44 Å². The number of nitrogens with one attached hydrogen (secondary N) is 2. The van der Waals surface area contributed by atoms with Crippen LogP contribution in [0.4, 0.5) is 0 Å². The van der Waals surface area contributed by atoms with Gasteiger partial charge in [0.2, 0.25) is 20.0 Å². The first kappa shape index (κ1) is 18.3. The second-order valence-electron chi connectivity index (χ2n) is 4.18. The maximum absolute atomic E-state index is 12.1. The predicted molar refractivity (Wildman–Crippen MR) is 82.0 cm³/mol. The van der Waals surface area contributed by atoms with Crippen molar-refractivity contribution in [2.24, 2.45) is 5.73 Å². The summed E-state index contributed by atoms with van der Waals surface area (Å²) in [7, 11) is -7.35. The molecule has 0 aliphatic carbocycles. The van der Waals surface area contributed by atoms with E-state index in [0.717, 1.165) is 0 Å². The maximum Gasteiger partial charge on any atom is 0.242 e. The third-order valence-electron chi connectivity index (χ3n) is 2.55. The molecule has 0 spiro atoms. The Labute approximate surface area is 130 Å². The van der Waals surface area contributed by atoms with Gasteiger partial charge in [0.15, 0.2) is 0 Å². The van der Waals surface area contributed by atoms with Crippen molar-refractivity contribution in [3.05, 3.63) is 28.8 Å². The summed E-state index contributed by atoms with van der Waals surface area (Å²) in [5, 5.41) is 0.0417. The molecule has 0 aliphatic heterocycles. The molecule has 0 saturated heterocycles. The lowest BCUT2D eigenvalue weighted by molar-refractivity contribution is 0.576. The van der Waals surface area contributed by atoms with Crippen molar-refractivity contribution in [3.8, 4) is 0 Å². The average molecular weight is 356 g/mol. The molecule has 0 amide bonds. The number of nitrogens with two attached hydrogens (primary N) is 1. The lowest BCUT2D eigenvalue weighted by atomic mass is 10.2. The van der Waals surface area contributed by atoms with E-state index < -0.39 is 20.0 Å². The van der Waals surface area contributed by atoms with Crippen molar-refractivity contribution < 1.29 is 16.8 Å². The minimum Gasteiger partial charge on any atom is -0.326 e. The summed E-state index contributed by atoms with van der Waals surface area (Å²) in [5.74, 6) is -0.349. The Morgan fingerprint density at radius 1 is 1.19 bits per heavy atom. The van der Waals surface area contributed by atoms with Crippen LogP contribution in [0.5, 0.6) is 0 Å². The molecular weight excluding hydrogens is 338 g/mol. The van der Waals surface area contributed by atoms with Gasteiger partial charge in [-0.25, -0.2) is 26.3 Å². The summed E-state index contributed by atoms with van der Waals surface area (Å²) in [4.78, 5) is -0.109. The van der Waals surface area contributed by atoms with Gasteiger partial charge in [-0.15, -0.1) is 0 Å². The van der Waals surface area contributed by atoms with E-state index in [9.17, 15) is 16.8 Å². The Kier molecular flexibility index (Phi) is 6.57.